The van der Waals surface area contributed by atoms with Crippen LogP contribution in [-0.4, -0.2) is 41.3 Å². The van der Waals surface area contributed by atoms with Crippen molar-refractivity contribution < 1.29 is 24.5 Å². The van der Waals surface area contributed by atoms with Gasteiger partial charge in [0, 0.05) is 18.6 Å². The van der Waals surface area contributed by atoms with E-state index in [9.17, 15) is 9.59 Å². The predicted octanol–water partition coefficient (Wildman–Crippen LogP) is 1.29. The van der Waals surface area contributed by atoms with Crippen LogP contribution in [0.2, 0.25) is 0 Å². The van der Waals surface area contributed by atoms with Gasteiger partial charge >= 0.3 is 5.97 Å². The summed E-state index contributed by atoms with van der Waals surface area (Å²) in [6.45, 7) is 4.26. The van der Waals surface area contributed by atoms with E-state index in [1.54, 1.807) is 24.3 Å². The molecule has 0 fully saturated rings. The first kappa shape index (κ1) is 17.0. The number of carboxylic acid groups (broad SMARTS) is 1. The zero-order valence-corrected chi connectivity index (χ0v) is 12.2. The molecular weight excluding hydrogens is 274 g/mol. The molecule has 116 valence electrons. The number of carboxylic acids is 1. The maximum absolute atomic E-state index is 12.0. The van der Waals surface area contributed by atoms with E-state index in [4.69, 9.17) is 14.9 Å². The zero-order valence-electron chi connectivity index (χ0n) is 12.2. The van der Waals surface area contributed by atoms with Crippen molar-refractivity contribution in [3.63, 3.8) is 0 Å². The van der Waals surface area contributed by atoms with Gasteiger partial charge in [0.1, 0.15) is 11.8 Å². The minimum Gasteiger partial charge on any atom is -0.493 e. The second-order valence-electron chi connectivity index (χ2n) is 5.11. The first-order valence-corrected chi connectivity index (χ1v) is 6.81. The SMILES string of the molecule is CC(C)COc1cccc(C(=O)NC(CCO)C(=O)O)c1. The molecule has 0 aliphatic heterocycles. The number of carbonyl (C=O) groups excluding carboxylic acids is 1. The van der Waals surface area contributed by atoms with Crippen molar-refractivity contribution in [2.45, 2.75) is 26.3 Å². The number of carbonyl (C=O) groups is 2. The number of benzene rings is 1. The lowest BCUT2D eigenvalue weighted by Crippen LogP contribution is -2.41. The molecule has 0 heterocycles. The van der Waals surface area contributed by atoms with Crippen LogP contribution in [0.5, 0.6) is 5.75 Å². The van der Waals surface area contributed by atoms with Crippen molar-refractivity contribution in [3.8, 4) is 5.75 Å². The third kappa shape index (κ3) is 5.83. The predicted molar refractivity (Wildman–Crippen MR) is 77.4 cm³/mol. The molecule has 21 heavy (non-hydrogen) atoms. The Morgan fingerprint density at radius 3 is 2.62 bits per heavy atom. The largest absolute Gasteiger partial charge is 0.493 e. The molecule has 0 bridgehead atoms. The van der Waals surface area contributed by atoms with Crippen molar-refractivity contribution >= 4 is 11.9 Å². The highest BCUT2D eigenvalue weighted by Crippen LogP contribution is 2.14. The van der Waals surface area contributed by atoms with Crippen molar-refractivity contribution in [2.24, 2.45) is 5.92 Å². The first-order valence-electron chi connectivity index (χ1n) is 6.81. The maximum Gasteiger partial charge on any atom is 0.326 e. The van der Waals surface area contributed by atoms with Crippen LogP contribution in [0.3, 0.4) is 0 Å². The van der Waals surface area contributed by atoms with Gasteiger partial charge in [-0.1, -0.05) is 19.9 Å². The Kier molecular flexibility index (Phi) is 6.68. The molecule has 6 heteroatoms. The van der Waals surface area contributed by atoms with Crippen LogP contribution in [0, 0.1) is 5.92 Å². The summed E-state index contributed by atoms with van der Waals surface area (Å²) in [5.41, 5.74) is 0.320. The van der Waals surface area contributed by atoms with E-state index in [1.807, 2.05) is 13.8 Å². The third-order valence-corrected chi connectivity index (χ3v) is 2.70. The Hall–Kier alpha value is -2.08. The lowest BCUT2D eigenvalue weighted by molar-refractivity contribution is -0.139. The van der Waals surface area contributed by atoms with E-state index in [1.165, 1.54) is 0 Å². The number of aliphatic hydroxyl groups is 1. The third-order valence-electron chi connectivity index (χ3n) is 2.70. The van der Waals surface area contributed by atoms with E-state index in [0.717, 1.165) is 0 Å². The number of hydrogen-bond donors (Lipinski definition) is 3. The number of amides is 1. The molecule has 0 spiro atoms. The molecule has 6 nitrogen and oxygen atoms in total. The molecule has 0 aliphatic rings. The van der Waals surface area contributed by atoms with Gasteiger partial charge < -0.3 is 20.3 Å². The Morgan fingerprint density at radius 2 is 2.05 bits per heavy atom. The minimum atomic E-state index is -1.18. The van der Waals surface area contributed by atoms with Crippen LogP contribution in [0.1, 0.15) is 30.6 Å². The summed E-state index contributed by atoms with van der Waals surface area (Å²) < 4.78 is 5.52. The van der Waals surface area contributed by atoms with Crippen molar-refractivity contribution in [2.75, 3.05) is 13.2 Å². The quantitative estimate of drug-likeness (QED) is 0.671. The van der Waals surface area contributed by atoms with Gasteiger partial charge in [-0.15, -0.1) is 0 Å². The number of hydrogen-bond acceptors (Lipinski definition) is 4. The molecule has 1 aromatic rings. The molecule has 0 saturated heterocycles. The summed E-state index contributed by atoms with van der Waals surface area (Å²) >= 11 is 0. The van der Waals surface area contributed by atoms with E-state index >= 15 is 0 Å². The number of aliphatic hydroxyl groups excluding tert-OH is 1. The van der Waals surface area contributed by atoms with Gasteiger partial charge in [0.2, 0.25) is 0 Å². The van der Waals surface area contributed by atoms with Crippen molar-refractivity contribution in [1.82, 2.24) is 5.32 Å². The second kappa shape index (κ2) is 8.26. The number of ether oxygens (including phenoxy) is 1. The highest BCUT2D eigenvalue weighted by atomic mass is 16.5. The van der Waals surface area contributed by atoms with Gasteiger partial charge in [-0.3, -0.25) is 4.79 Å². The molecule has 0 radical (unpaired) electrons. The fourth-order valence-electron chi connectivity index (χ4n) is 1.62. The molecular formula is C15H21NO5. The van der Waals surface area contributed by atoms with Gasteiger partial charge in [0.05, 0.1) is 6.61 Å². The van der Waals surface area contributed by atoms with Crippen LogP contribution in [0.25, 0.3) is 0 Å². The molecule has 0 aliphatic carbocycles. The molecule has 1 amide bonds. The minimum absolute atomic E-state index is 0.0371. The number of rotatable bonds is 8. The van der Waals surface area contributed by atoms with E-state index in [-0.39, 0.29) is 13.0 Å². The van der Waals surface area contributed by atoms with Crippen LogP contribution < -0.4 is 10.1 Å². The highest BCUT2D eigenvalue weighted by molar-refractivity contribution is 5.96. The first-order chi connectivity index (χ1) is 9.93. The summed E-state index contributed by atoms with van der Waals surface area (Å²) in [4.78, 5) is 23.0. The lowest BCUT2D eigenvalue weighted by Gasteiger charge is -2.14. The Labute approximate surface area is 123 Å². The van der Waals surface area contributed by atoms with E-state index in [2.05, 4.69) is 5.32 Å². The number of nitrogens with one attached hydrogen (secondary N) is 1. The van der Waals surface area contributed by atoms with Gasteiger partial charge in [0.15, 0.2) is 0 Å². The zero-order chi connectivity index (χ0) is 15.8. The smallest absolute Gasteiger partial charge is 0.326 e. The summed E-state index contributed by atoms with van der Waals surface area (Å²) in [7, 11) is 0. The van der Waals surface area contributed by atoms with Gasteiger partial charge in [-0.05, 0) is 24.1 Å². The van der Waals surface area contributed by atoms with Crippen LogP contribution in [0.4, 0.5) is 0 Å². The summed E-state index contributed by atoms with van der Waals surface area (Å²) in [6.07, 6.45) is -0.0371. The highest BCUT2D eigenvalue weighted by Gasteiger charge is 2.20. The van der Waals surface area contributed by atoms with Crippen LogP contribution in [-0.2, 0) is 4.79 Å². The molecule has 0 saturated carbocycles. The fourth-order valence-corrected chi connectivity index (χ4v) is 1.62. The standard InChI is InChI=1S/C15H21NO5/c1-10(2)9-21-12-5-3-4-11(8-12)14(18)16-13(6-7-17)15(19)20/h3-5,8,10,13,17H,6-7,9H2,1-2H3,(H,16,18)(H,19,20). The molecule has 1 unspecified atom stereocenters. The normalized spacial score (nSPS) is 12.0. The van der Waals surface area contributed by atoms with E-state index < -0.39 is 17.9 Å². The van der Waals surface area contributed by atoms with E-state index in [0.29, 0.717) is 23.8 Å². The summed E-state index contributed by atoms with van der Waals surface area (Å²) in [6, 6.07) is 5.45. The topological polar surface area (TPSA) is 95.9 Å². The molecule has 1 aromatic carbocycles. The monoisotopic (exact) mass is 295 g/mol. The molecule has 3 N–H and O–H groups in total. The van der Waals surface area contributed by atoms with Gasteiger partial charge in [-0.2, -0.15) is 0 Å². The Morgan fingerprint density at radius 1 is 1.33 bits per heavy atom. The average Bonchev–Trinajstić information content (AvgIpc) is 2.44. The van der Waals surface area contributed by atoms with Crippen LogP contribution >= 0.6 is 0 Å². The average molecular weight is 295 g/mol. The fraction of sp³-hybridized carbons (Fsp3) is 0.467. The van der Waals surface area contributed by atoms with Crippen LogP contribution in [0.15, 0.2) is 24.3 Å². The lowest BCUT2D eigenvalue weighted by atomic mass is 10.1. The summed E-state index contributed by atoms with van der Waals surface area (Å²) in [5.74, 6) is -0.760. The van der Waals surface area contributed by atoms with Gasteiger partial charge in [-0.25, -0.2) is 4.79 Å². The molecule has 0 aromatic heterocycles. The molecule has 1 rings (SSSR count). The Balaban J connectivity index is 2.73. The maximum atomic E-state index is 12.0. The summed E-state index contributed by atoms with van der Waals surface area (Å²) in [5, 5.41) is 20.1. The number of aliphatic carboxylic acids is 1. The van der Waals surface area contributed by atoms with Crippen molar-refractivity contribution in [1.29, 1.82) is 0 Å². The molecule has 1 atom stereocenters. The van der Waals surface area contributed by atoms with Gasteiger partial charge in [0.25, 0.3) is 5.91 Å². The Bertz CT molecular complexity index is 487. The van der Waals surface area contributed by atoms with Crippen molar-refractivity contribution in [3.05, 3.63) is 29.8 Å². The second-order valence-corrected chi connectivity index (χ2v) is 5.11.